The minimum atomic E-state index is -0.427. The van der Waals surface area contributed by atoms with Crippen molar-refractivity contribution >= 4 is 60.4 Å². The molecule has 0 radical (unpaired) electrons. The third-order valence-corrected chi connectivity index (χ3v) is 15.6. The first-order valence-corrected chi connectivity index (χ1v) is 24.7. The molecule has 2 aliphatic carbocycles. The molecule has 2 nitrogen and oxygen atoms in total. The lowest BCUT2D eigenvalue weighted by Crippen LogP contribution is -2.25. The normalized spacial score (nSPS) is 12.9. The molecule has 0 unspecified atom stereocenters. The average Bonchev–Trinajstić information content (AvgIpc) is 4.06. The van der Waals surface area contributed by atoms with Crippen LogP contribution < -0.4 is 4.90 Å². The first-order chi connectivity index (χ1) is 35.3. The molecular formula is C69H44N2. The molecule has 1 heterocycles. The minimum Gasteiger partial charge on any atom is -0.310 e. The molecule has 0 bridgehead atoms. The molecule has 330 valence electrons. The van der Waals surface area contributed by atoms with Crippen LogP contribution in [-0.2, 0) is 5.41 Å². The highest BCUT2D eigenvalue weighted by molar-refractivity contribution is 6.25. The molecule has 1 aromatic heterocycles. The summed E-state index contributed by atoms with van der Waals surface area (Å²) < 4.78 is 2.45. The van der Waals surface area contributed by atoms with E-state index in [1.807, 2.05) is 0 Å². The van der Waals surface area contributed by atoms with Gasteiger partial charge >= 0.3 is 0 Å². The fraction of sp³-hybridized carbons (Fsp3) is 0.0145. The van der Waals surface area contributed by atoms with Gasteiger partial charge in [-0.1, -0.05) is 212 Å². The van der Waals surface area contributed by atoms with Gasteiger partial charge in [0.2, 0.25) is 0 Å². The Balaban J connectivity index is 1.000. The molecule has 0 fully saturated rings. The van der Waals surface area contributed by atoms with Gasteiger partial charge in [0.05, 0.1) is 22.1 Å². The Kier molecular flexibility index (Phi) is 8.61. The number of fused-ring (bicyclic) bond motifs is 16. The van der Waals surface area contributed by atoms with Gasteiger partial charge in [0.1, 0.15) is 0 Å². The van der Waals surface area contributed by atoms with E-state index in [9.17, 15) is 0 Å². The third kappa shape index (κ3) is 5.65. The SMILES string of the molecule is c1ccc(-c2cccc3cccc(-c4ccc(N(c5ccc6c(c5)-c5ccccc5C65c6ccccc6-c6ccccc65)c5cccc6c5c5c7ccccc7ccc5n6-c5ccccc5)cc4)c23)cc1. The van der Waals surface area contributed by atoms with Crippen LogP contribution >= 0.6 is 0 Å². The monoisotopic (exact) mass is 900 g/mol. The number of para-hydroxylation sites is 1. The number of anilines is 3. The summed E-state index contributed by atoms with van der Waals surface area (Å²) in [5, 5.41) is 7.41. The Labute approximate surface area is 412 Å². The van der Waals surface area contributed by atoms with E-state index in [0.29, 0.717) is 0 Å². The van der Waals surface area contributed by atoms with Crippen LogP contribution in [0.1, 0.15) is 22.3 Å². The molecular weight excluding hydrogens is 857 g/mol. The Morgan fingerprint density at radius 3 is 1.49 bits per heavy atom. The van der Waals surface area contributed by atoms with E-state index in [1.54, 1.807) is 0 Å². The van der Waals surface area contributed by atoms with E-state index in [-0.39, 0.29) is 0 Å². The molecule has 0 aliphatic heterocycles. The predicted octanol–water partition coefficient (Wildman–Crippen LogP) is 18.2. The lowest BCUT2D eigenvalue weighted by molar-refractivity contribution is 0.794. The second-order valence-electron chi connectivity index (χ2n) is 19.1. The summed E-state index contributed by atoms with van der Waals surface area (Å²) in [5.41, 5.74) is 21.7. The zero-order chi connectivity index (χ0) is 46.6. The van der Waals surface area contributed by atoms with Crippen molar-refractivity contribution in [1.29, 1.82) is 0 Å². The van der Waals surface area contributed by atoms with Crippen LogP contribution in [-0.4, -0.2) is 4.57 Å². The molecule has 0 N–H and O–H groups in total. The third-order valence-electron chi connectivity index (χ3n) is 15.6. The van der Waals surface area contributed by atoms with E-state index in [2.05, 4.69) is 276 Å². The summed E-state index contributed by atoms with van der Waals surface area (Å²) in [7, 11) is 0. The molecule has 0 atom stereocenters. The molecule has 2 heteroatoms. The summed E-state index contributed by atoms with van der Waals surface area (Å²) in [6, 6.07) is 99.1. The fourth-order valence-electron chi connectivity index (χ4n) is 12.7. The Morgan fingerprint density at radius 2 is 0.803 bits per heavy atom. The zero-order valence-electron chi connectivity index (χ0n) is 38.8. The number of benzene rings is 12. The second kappa shape index (κ2) is 15.4. The van der Waals surface area contributed by atoms with Gasteiger partial charge in [-0.05, 0) is 143 Å². The Bertz CT molecular complexity index is 4230. The maximum Gasteiger partial charge on any atom is 0.0725 e. The molecule has 15 rings (SSSR count). The van der Waals surface area contributed by atoms with Crippen LogP contribution in [0.5, 0.6) is 0 Å². The highest BCUT2D eigenvalue weighted by atomic mass is 15.1. The largest absolute Gasteiger partial charge is 0.310 e. The van der Waals surface area contributed by atoms with Crippen molar-refractivity contribution in [1.82, 2.24) is 4.57 Å². The van der Waals surface area contributed by atoms with E-state index in [1.165, 1.54) is 105 Å². The Morgan fingerprint density at radius 1 is 0.296 bits per heavy atom. The van der Waals surface area contributed by atoms with Gasteiger partial charge in [-0.3, -0.25) is 0 Å². The van der Waals surface area contributed by atoms with Crippen LogP contribution in [0.15, 0.2) is 267 Å². The summed E-state index contributed by atoms with van der Waals surface area (Å²) in [6.07, 6.45) is 0. The van der Waals surface area contributed by atoms with Crippen molar-refractivity contribution in [2.45, 2.75) is 5.41 Å². The first kappa shape index (κ1) is 39.7. The molecule has 13 aromatic rings. The Hall–Kier alpha value is -9.24. The van der Waals surface area contributed by atoms with E-state index >= 15 is 0 Å². The summed E-state index contributed by atoms with van der Waals surface area (Å²) >= 11 is 0. The molecule has 0 amide bonds. The van der Waals surface area contributed by atoms with Crippen LogP contribution in [0.3, 0.4) is 0 Å². The summed E-state index contributed by atoms with van der Waals surface area (Å²) in [6.45, 7) is 0. The minimum absolute atomic E-state index is 0.427. The summed E-state index contributed by atoms with van der Waals surface area (Å²) in [4.78, 5) is 2.52. The van der Waals surface area contributed by atoms with E-state index in [0.717, 1.165) is 28.3 Å². The maximum absolute atomic E-state index is 2.52. The standard InChI is InChI=1S/C69H44N2/c1-3-18-45(19-4-1)52-29-15-21-48-22-16-30-53(66(48)52)47-36-39-50(40-37-47)70(63-34-17-35-64-68(63)67-54-25-8-7-20-46(54)38-43-65(67)71(64)49-23-5-2-6-24-49)51-41-42-62-58(44-51)57-28-11-14-33-61(57)69(62)59-31-12-9-26-55(59)56-27-10-13-32-60(56)69/h1-44H. The first-order valence-electron chi connectivity index (χ1n) is 24.7. The average molecular weight is 901 g/mol. The number of nitrogens with zero attached hydrogens (tertiary/aromatic N) is 2. The van der Waals surface area contributed by atoms with Gasteiger partial charge in [-0.25, -0.2) is 0 Å². The van der Waals surface area contributed by atoms with Gasteiger partial charge in [0.15, 0.2) is 0 Å². The quantitative estimate of drug-likeness (QED) is 0.161. The number of hydrogen-bond acceptors (Lipinski definition) is 1. The molecule has 0 saturated carbocycles. The molecule has 71 heavy (non-hydrogen) atoms. The number of hydrogen-bond donors (Lipinski definition) is 0. The molecule has 0 saturated heterocycles. The van der Waals surface area contributed by atoms with Gasteiger partial charge < -0.3 is 9.47 Å². The topological polar surface area (TPSA) is 8.17 Å². The van der Waals surface area contributed by atoms with Gasteiger partial charge in [-0.15, -0.1) is 0 Å². The van der Waals surface area contributed by atoms with Gasteiger partial charge in [0.25, 0.3) is 0 Å². The smallest absolute Gasteiger partial charge is 0.0725 e. The van der Waals surface area contributed by atoms with Crippen molar-refractivity contribution in [3.63, 3.8) is 0 Å². The lowest BCUT2D eigenvalue weighted by atomic mass is 9.70. The van der Waals surface area contributed by atoms with Crippen molar-refractivity contribution < 1.29 is 0 Å². The highest BCUT2D eigenvalue weighted by Crippen LogP contribution is 2.63. The van der Waals surface area contributed by atoms with Crippen molar-refractivity contribution in [2.24, 2.45) is 0 Å². The zero-order valence-corrected chi connectivity index (χ0v) is 38.8. The van der Waals surface area contributed by atoms with Crippen LogP contribution in [0, 0.1) is 0 Å². The number of rotatable bonds is 6. The van der Waals surface area contributed by atoms with Crippen LogP contribution in [0.4, 0.5) is 17.1 Å². The maximum atomic E-state index is 2.52. The molecule has 12 aromatic carbocycles. The highest BCUT2D eigenvalue weighted by Gasteiger charge is 2.51. The lowest BCUT2D eigenvalue weighted by Gasteiger charge is -2.31. The predicted molar refractivity (Wildman–Crippen MR) is 298 cm³/mol. The molecule has 1 spiro atoms. The van der Waals surface area contributed by atoms with Crippen LogP contribution in [0.25, 0.3) is 93.5 Å². The van der Waals surface area contributed by atoms with E-state index in [4.69, 9.17) is 0 Å². The van der Waals surface area contributed by atoms with Gasteiger partial charge in [0, 0.05) is 27.8 Å². The van der Waals surface area contributed by atoms with Crippen molar-refractivity contribution in [3.05, 3.63) is 289 Å². The summed E-state index contributed by atoms with van der Waals surface area (Å²) in [5.74, 6) is 0. The van der Waals surface area contributed by atoms with E-state index < -0.39 is 5.41 Å². The van der Waals surface area contributed by atoms with Crippen molar-refractivity contribution in [3.8, 4) is 50.2 Å². The number of aromatic nitrogens is 1. The van der Waals surface area contributed by atoms with Crippen molar-refractivity contribution in [2.75, 3.05) is 4.90 Å². The second-order valence-corrected chi connectivity index (χ2v) is 19.1. The molecule has 2 aliphatic rings. The fourth-order valence-corrected chi connectivity index (χ4v) is 12.7. The van der Waals surface area contributed by atoms with Gasteiger partial charge in [-0.2, -0.15) is 0 Å². The van der Waals surface area contributed by atoms with Crippen LogP contribution in [0.2, 0.25) is 0 Å².